The summed E-state index contributed by atoms with van der Waals surface area (Å²) in [6.07, 6.45) is 0. The predicted octanol–water partition coefficient (Wildman–Crippen LogP) is 5.31. The summed E-state index contributed by atoms with van der Waals surface area (Å²) in [6.45, 7) is 1.94. The molecule has 0 spiro atoms. The van der Waals surface area contributed by atoms with Gasteiger partial charge in [0.1, 0.15) is 11.5 Å². The van der Waals surface area contributed by atoms with Gasteiger partial charge in [-0.05, 0) is 42.8 Å². The zero-order valence-corrected chi connectivity index (χ0v) is 21.2. The van der Waals surface area contributed by atoms with Crippen LogP contribution in [0.1, 0.15) is 22.7 Å². The second-order valence-electron chi connectivity index (χ2n) is 8.85. The Balaban J connectivity index is 1.70. The standard InChI is InChI=1S/C28H25N3O4S/c1-16-5-7-18(8-6-16)25(32)23-24(17-9-11-19(12-10-17)30(2)3)31(27(34)26(23)33)28-29-21-14-13-20(35-4)15-22(21)36-28/h5-15,24,32H,1-4H3. The molecule has 1 aliphatic rings. The van der Waals surface area contributed by atoms with E-state index in [-0.39, 0.29) is 11.3 Å². The van der Waals surface area contributed by atoms with Crippen LogP contribution in [0.5, 0.6) is 5.75 Å². The van der Waals surface area contributed by atoms with Gasteiger partial charge in [0, 0.05) is 25.3 Å². The van der Waals surface area contributed by atoms with Crippen LogP contribution in [-0.4, -0.2) is 43.0 Å². The summed E-state index contributed by atoms with van der Waals surface area (Å²) in [5.74, 6) is -1.00. The molecule has 0 bridgehead atoms. The van der Waals surface area contributed by atoms with Crippen LogP contribution in [0.2, 0.25) is 0 Å². The van der Waals surface area contributed by atoms with E-state index in [9.17, 15) is 14.7 Å². The molecule has 1 fully saturated rings. The molecule has 1 aromatic heterocycles. The number of thiazole rings is 1. The molecule has 8 heteroatoms. The molecule has 0 radical (unpaired) electrons. The Morgan fingerprint density at radius 1 is 1.03 bits per heavy atom. The number of fused-ring (bicyclic) bond motifs is 1. The lowest BCUT2D eigenvalue weighted by Gasteiger charge is -2.23. The molecular formula is C28H25N3O4S. The lowest BCUT2D eigenvalue weighted by Crippen LogP contribution is -2.29. The van der Waals surface area contributed by atoms with Gasteiger partial charge in [-0.3, -0.25) is 14.5 Å². The normalized spacial score (nSPS) is 17.1. The fourth-order valence-electron chi connectivity index (χ4n) is 4.29. The van der Waals surface area contributed by atoms with Crippen LogP contribution in [0.3, 0.4) is 0 Å². The summed E-state index contributed by atoms with van der Waals surface area (Å²) in [5, 5.41) is 11.7. The zero-order chi connectivity index (χ0) is 25.6. The smallest absolute Gasteiger partial charge is 0.301 e. The van der Waals surface area contributed by atoms with Gasteiger partial charge in [0.2, 0.25) is 0 Å². The number of amides is 1. The molecule has 5 rings (SSSR count). The van der Waals surface area contributed by atoms with E-state index in [0.29, 0.717) is 27.5 Å². The van der Waals surface area contributed by atoms with Crippen molar-refractivity contribution in [2.24, 2.45) is 0 Å². The van der Waals surface area contributed by atoms with Crippen LogP contribution in [0.4, 0.5) is 10.8 Å². The minimum absolute atomic E-state index is 0.0401. The van der Waals surface area contributed by atoms with E-state index in [1.165, 1.54) is 16.2 Å². The highest BCUT2D eigenvalue weighted by Crippen LogP contribution is 2.44. The summed E-state index contributed by atoms with van der Waals surface area (Å²) in [5.41, 5.74) is 3.90. The number of methoxy groups -OCH3 is 1. The van der Waals surface area contributed by atoms with Crippen LogP contribution in [-0.2, 0) is 9.59 Å². The SMILES string of the molecule is COc1ccc2nc(N3C(=O)C(=O)C(=C(O)c4ccc(C)cc4)C3c3ccc(N(C)C)cc3)sc2c1. The summed E-state index contributed by atoms with van der Waals surface area (Å²) in [4.78, 5) is 34.8. The number of aromatic nitrogens is 1. The molecule has 1 N–H and O–H groups in total. The van der Waals surface area contributed by atoms with Gasteiger partial charge in [-0.2, -0.15) is 0 Å². The first-order chi connectivity index (χ1) is 17.3. The molecule has 1 unspecified atom stereocenters. The number of aliphatic hydroxyl groups excluding tert-OH is 1. The molecule has 3 aromatic carbocycles. The number of carbonyl (C=O) groups excluding carboxylic acids is 2. The van der Waals surface area contributed by atoms with Gasteiger partial charge in [0.05, 0.1) is 28.9 Å². The maximum absolute atomic E-state index is 13.4. The number of carbonyl (C=O) groups is 2. The number of hydrogen-bond acceptors (Lipinski definition) is 7. The first kappa shape index (κ1) is 23.6. The lowest BCUT2D eigenvalue weighted by atomic mass is 9.95. The molecule has 7 nitrogen and oxygen atoms in total. The topological polar surface area (TPSA) is 83.0 Å². The maximum Gasteiger partial charge on any atom is 0.301 e. The lowest BCUT2D eigenvalue weighted by molar-refractivity contribution is -0.132. The molecule has 4 aromatic rings. The van der Waals surface area contributed by atoms with Crippen LogP contribution >= 0.6 is 11.3 Å². The Labute approximate surface area is 212 Å². The number of nitrogens with zero attached hydrogens (tertiary/aromatic N) is 3. The van der Waals surface area contributed by atoms with Gasteiger partial charge in [-0.1, -0.05) is 53.3 Å². The van der Waals surface area contributed by atoms with Crippen LogP contribution in [0.25, 0.3) is 16.0 Å². The number of hydrogen-bond donors (Lipinski definition) is 1. The van der Waals surface area contributed by atoms with E-state index in [2.05, 4.69) is 4.98 Å². The van der Waals surface area contributed by atoms with Gasteiger partial charge >= 0.3 is 5.91 Å². The van der Waals surface area contributed by atoms with Gasteiger partial charge in [-0.15, -0.1) is 0 Å². The third kappa shape index (κ3) is 3.99. The predicted molar refractivity (Wildman–Crippen MR) is 143 cm³/mol. The number of ketones is 1. The fraction of sp³-hybridized carbons (Fsp3) is 0.179. The molecule has 0 saturated carbocycles. The number of aliphatic hydroxyl groups is 1. The third-order valence-electron chi connectivity index (χ3n) is 6.29. The number of Topliss-reactive ketones (excluding diaryl/α,β-unsaturated/α-hetero) is 1. The Hall–Kier alpha value is -4.17. The van der Waals surface area contributed by atoms with Crippen molar-refractivity contribution in [2.45, 2.75) is 13.0 Å². The summed E-state index contributed by atoms with van der Waals surface area (Å²) < 4.78 is 6.15. The molecule has 2 heterocycles. The average molecular weight is 500 g/mol. The number of aryl methyl sites for hydroxylation is 1. The maximum atomic E-state index is 13.4. The monoisotopic (exact) mass is 499 g/mol. The Kier molecular flexibility index (Phi) is 5.97. The largest absolute Gasteiger partial charge is 0.507 e. The van der Waals surface area contributed by atoms with Gasteiger partial charge in [0.15, 0.2) is 5.13 Å². The van der Waals surface area contributed by atoms with Crippen LogP contribution in [0, 0.1) is 6.92 Å². The minimum atomic E-state index is -0.829. The van der Waals surface area contributed by atoms with E-state index in [1.807, 2.05) is 74.4 Å². The van der Waals surface area contributed by atoms with Crippen LogP contribution < -0.4 is 14.5 Å². The second-order valence-corrected chi connectivity index (χ2v) is 9.86. The molecule has 0 aliphatic carbocycles. The van der Waals surface area contributed by atoms with Crippen molar-refractivity contribution in [1.82, 2.24) is 4.98 Å². The number of ether oxygens (including phenoxy) is 1. The Bertz CT molecular complexity index is 1500. The quantitative estimate of drug-likeness (QED) is 0.228. The van der Waals surface area contributed by atoms with E-state index in [4.69, 9.17) is 4.74 Å². The van der Waals surface area contributed by atoms with E-state index >= 15 is 0 Å². The van der Waals surface area contributed by atoms with Crippen molar-refractivity contribution in [1.29, 1.82) is 0 Å². The fourth-order valence-corrected chi connectivity index (χ4v) is 5.31. The first-order valence-electron chi connectivity index (χ1n) is 11.4. The highest BCUT2D eigenvalue weighted by molar-refractivity contribution is 7.22. The van der Waals surface area contributed by atoms with Gasteiger partial charge in [0.25, 0.3) is 5.78 Å². The number of anilines is 2. The number of benzene rings is 3. The van der Waals surface area contributed by atoms with Crippen molar-refractivity contribution in [3.05, 3.63) is 89.0 Å². The van der Waals surface area contributed by atoms with E-state index in [1.54, 1.807) is 25.3 Å². The minimum Gasteiger partial charge on any atom is -0.507 e. The molecule has 1 aliphatic heterocycles. The molecule has 36 heavy (non-hydrogen) atoms. The van der Waals surface area contributed by atoms with Crippen molar-refractivity contribution in [3.8, 4) is 5.75 Å². The molecule has 1 atom stereocenters. The Morgan fingerprint density at radius 3 is 2.36 bits per heavy atom. The third-order valence-corrected chi connectivity index (χ3v) is 7.30. The highest BCUT2D eigenvalue weighted by atomic mass is 32.1. The van der Waals surface area contributed by atoms with Gasteiger partial charge in [-0.25, -0.2) is 4.98 Å². The molecular weight excluding hydrogens is 474 g/mol. The van der Waals surface area contributed by atoms with E-state index < -0.39 is 17.7 Å². The molecule has 182 valence electrons. The van der Waals surface area contributed by atoms with E-state index in [0.717, 1.165) is 16.0 Å². The first-order valence-corrected chi connectivity index (χ1v) is 12.2. The molecule has 1 saturated heterocycles. The summed E-state index contributed by atoms with van der Waals surface area (Å²) in [6, 6.07) is 19.4. The number of rotatable bonds is 5. The Morgan fingerprint density at radius 2 is 1.72 bits per heavy atom. The second kappa shape index (κ2) is 9.13. The van der Waals surface area contributed by atoms with Crippen molar-refractivity contribution < 1.29 is 19.4 Å². The van der Waals surface area contributed by atoms with Crippen molar-refractivity contribution in [2.75, 3.05) is 31.0 Å². The van der Waals surface area contributed by atoms with Crippen molar-refractivity contribution in [3.63, 3.8) is 0 Å². The summed E-state index contributed by atoms with van der Waals surface area (Å²) in [7, 11) is 5.46. The summed E-state index contributed by atoms with van der Waals surface area (Å²) >= 11 is 1.30. The highest BCUT2D eigenvalue weighted by Gasteiger charge is 2.48. The molecule has 1 amide bonds. The average Bonchev–Trinajstić information content (AvgIpc) is 3.41. The van der Waals surface area contributed by atoms with Gasteiger partial charge < -0.3 is 14.7 Å². The van der Waals surface area contributed by atoms with Crippen LogP contribution in [0.15, 0.2) is 72.3 Å². The zero-order valence-electron chi connectivity index (χ0n) is 20.4. The van der Waals surface area contributed by atoms with Crippen molar-refractivity contribution >= 4 is 49.8 Å².